The van der Waals surface area contributed by atoms with Crippen molar-refractivity contribution in [2.24, 2.45) is 5.10 Å². The Morgan fingerprint density at radius 1 is 1.09 bits per heavy atom. The molecule has 0 fully saturated rings. The van der Waals surface area contributed by atoms with Crippen LogP contribution in [0.5, 0.6) is 11.5 Å². The number of ether oxygens (including phenoxy) is 3. The van der Waals surface area contributed by atoms with E-state index < -0.39 is 0 Å². The van der Waals surface area contributed by atoms with Crippen LogP contribution >= 0.6 is 0 Å². The highest BCUT2D eigenvalue weighted by Gasteiger charge is 2.35. The van der Waals surface area contributed by atoms with Gasteiger partial charge in [0.15, 0.2) is 0 Å². The molecule has 1 atom stereocenters. The molecule has 0 aliphatic carbocycles. The van der Waals surface area contributed by atoms with Crippen molar-refractivity contribution in [2.45, 2.75) is 19.4 Å². The smallest absolute Gasteiger partial charge is 0.317 e. The molecule has 1 aliphatic rings. The van der Waals surface area contributed by atoms with Crippen LogP contribution in [0.4, 0.5) is 4.79 Å². The summed E-state index contributed by atoms with van der Waals surface area (Å²) in [5, 5.41) is 8.92. The molecule has 0 radical (unpaired) electrons. The molecule has 9 nitrogen and oxygen atoms in total. The van der Waals surface area contributed by atoms with Gasteiger partial charge < -0.3 is 24.4 Å². The fourth-order valence-electron chi connectivity index (χ4n) is 3.83. The van der Waals surface area contributed by atoms with Crippen LogP contribution in [0.1, 0.15) is 30.5 Å². The molecule has 0 aromatic heterocycles. The second-order valence-corrected chi connectivity index (χ2v) is 7.73. The lowest BCUT2D eigenvalue weighted by Crippen LogP contribution is -2.47. The van der Waals surface area contributed by atoms with Crippen molar-refractivity contribution in [3.8, 4) is 11.5 Å². The predicted octanol–water partition coefficient (Wildman–Crippen LogP) is 3.06. The quantitative estimate of drug-likeness (QED) is 0.579. The molecule has 34 heavy (non-hydrogen) atoms. The number of nitrogens with one attached hydrogen (secondary N) is 1. The molecule has 9 heteroatoms. The number of nitrogens with zero attached hydrogens (tertiary/aromatic N) is 3. The summed E-state index contributed by atoms with van der Waals surface area (Å²) in [5.74, 6) is 1.13. The molecule has 1 unspecified atom stereocenters. The molecule has 2 aromatic carbocycles. The maximum Gasteiger partial charge on any atom is 0.317 e. The van der Waals surface area contributed by atoms with Crippen molar-refractivity contribution in [1.29, 1.82) is 0 Å². The summed E-state index contributed by atoms with van der Waals surface area (Å²) in [4.78, 5) is 27.4. The van der Waals surface area contributed by atoms with E-state index in [4.69, 9.17) is 19.3 Å². The van der Waals surface area contributed by atoms with Crippen LogP contribution in [0.3, 0.4) is 0 Å². The van der Waals surface area contributed by atoms with Crippen LogP contribution in [0.2, 0.25) is 0 Å². The molecular weight excluding hydrogens is 436 g/mol. The van der Waals surface area contributed by atoms with E-state index in [0.717, 1.165) is 22.6 Å². The first kappa shape index (κ1) is 25.0. The first-order valence-electron chi connectivity index (χ1n) is 11.2. The zero-order valence-electron chi connectivity index (χ0n) is 20.1. The van der Waals surface area contributed by atoms with Crippen molar-refractivity contribution >= 4 is 17.6 Å². The maximum atomic E-state index is 13.5. The van der Waals surface area contributed by atoms with E-state index in [1.54, 1.807) is 21.3 Å². The van der Waals surface area contributed by atoms with Crippen molar-refractivity contribution in [3.05, 3.63) is 59.7 Å². The maximum absolute atomic E-state index is 13.5. The molecule has 1 heterocycles. The topological polar surface area (TPSA) is 92.7 Å². The fraction of sp³-hybridized carbons (Fsp3) is 0.400. The Morgan fingerprint density at radius 2 is 1.82 bits per heavy atom. The van der Waals surface area contributed by atoms with E-state index in [2.05, 4.69) is 5.32 Å². The van der Waals surface area contributed by atoms with Gasteiger partial charge in [0.05, 0.1) is 32.6 Å². The second kappa shape index (κ2) is 12.0. The standard InChI is InChI=1S/C25H32N4O5/c1-5-26-25(31)28(14-15-32-2)17-24(30)29-22(20-8-6-7-9-23(20)34-4)16-21(27-29)18-10-12-19(33-3)13-11-18/h6-13,22H,5,14-17H2,1-4H3,(H,26,31). The third-order valence-corrected chi connectivity index (χ3v) is 5.59. The summed E-state index contributed by atoms with van der Waals surface area (Å²) in [6.07, 6.45) is 0.512. The molecule has 0 spiro atoms. The van der Waals surface area contributed by atoms with Crippen molar-refractivity contribution in [3.63, 3.8) is 0 Å². The van der Waals surface area contributed by atoms with Gasteiger partial charge in [-0.1, -0.05) is 18.2 Å². The normalized spacial score (nSPS) is 15.0. The van der Waals surface area contributed by atoms with Gasteiger partial charge in [0.2, 0.25) is 0 Å². The lowest BCUT2D eigenvalue weighted by molar-refractivity contribution is -0.133. The largest absolute Gasteiger partial charge is 0.497 e. The molecular formula is C25H32N4O5. The molecule has 2 aromatic rings. The average molecular weight is 469 g/mol. The predicted molar refractivity (Wildman–Crippen MR) is 129 cm³/mol. The number of benzene rings is 2. The molecule has 1 aliphatic heterocycles. The third-order valence-electron chi connectivity index (χ3n) is 5.59. The number of urea groups is 1. The highest BCUT2D eigenvalue weighted by atomic mass is 16.5. The van der Waals surface area contributed by atoms with Crippen molar-refractivity contribution in [1.82, 2.24) is 15.2 Å². The average Bonchev–Trinajstić information content (AvgIpc) is 3.32. The second-order valence-electron chi connectivity index (χ2n) is 7.73. The monoisotopic (exact) mass is 468 g/mol. The lowest BCUT2D eigenvalue weighted by Gasteiger charge is -2.27. The summed E-state index contributed by atoms with van der Waals surface area (Å²) in [6.45, 7) is 2.78. The van der Waals surface area contributed by atoms with Gasteiger partial charge in [-0.25, -0.2) is 9.80 Å². The van der Waals surface area contributed by atoms with Crippen LogP contribution in [-0.4, -0.2) is 75.1 Å². The summed E-state index contributed by atoms with van der Waals surface area (Å²) in [6, 6.07) is 14.5. The van der Waals surface area contributed by atoms with E-state index in [1.807, 2.05) is 55.5 Å². The van der Waals surface area contributed by atoms with Crippen LogP contribution in [0.25, 0.3) is 0 Å². The highest BCUT2D eigenvalue weighted by Crippen LogP contribution is 2.37. The summed E-state index contributed by atoms with van der Waals surface area (Å²) in [5.41, 5.74) is 2.52. The zero-order valence-corrected chi connectivity index (χ0v) is 20.1. The third kappa shape index (κ3) is 5.85. The Labute approximate surface area is 200 Å². The Morgan fingerprint density at radius 3 is 2.47 bits per heavy atom. The minimum absolute atomic E-state index is 0.125. The molecule has 182 valence electrons. The van der Waals surface area contributed by atoms with Gasteiger partial charge in [-0.2, -0.15) is 5.10 Å². The first-order valence-corrected chi connectivity index (χ1v) is 11.2. The molecule has 0 bridgehead atoms. The molecule has 3 rings (SSSR count). The van der Waals surface area contributed by atoms with Crippen molar-refractivity contribution in [2.75, 3.05) is 47.6 Å². The number of hydrogen-bond acceptors (Lipinski definition) is 6. The van der Waals surface area contributed by atoms with E-state index in [0.29, 0.717) is 25.3 Å². The molecule has 1 N–H and O–H groups in total. The molecule has 0 saturated heterocycles. The van der Waals surface area contributed by atoms with Gasteiger partial charge in [0.25, 0.3) is 5.91 Å². The number of carbonyl (C=O) groups excluding carboxylic acids is 2. The van der Waals surface area contributed by atoms with Gasteiger partial charge in [-0.15, -0.1) is 0 Å². The lowest BCUT2D eigenvalue weighted by atomic mass is 9.97. The minimum atomic E-state index is -0.362. The Hall–Kier alpha value is -3.59. The van der Waals surface area contributed by atoms with Crippen LogP contribution < -0.4 is 14.8 Å². The van der Waals surface area contributed by atoms with E-state index in [1.165, 1.54) is 9.91 Å². The van der Waals surface area contributed by atoms with E-state index in [-0.39, 0.29) is 31.1 Å². The molecule has 0 saturated carbocycles. The number of hydrazone groups is 1. The van der Waals surface area contributed by atoms with E-state index in [9.17, 15) is 9.59 Å². The number of methoxy groups -OCH3 is 3. The number of carbonyl (C=O) groups is 2. The van der Waals surface area contributed by atoms with E-state index >= 15 is 0 Å². The number of hydrogen-bond donors (Lipinski definition) is 1. The van der Waals surface area contributed by atoms with Gasteiger partial charge >= 0.3 is 6.03 Å². The Kier molecular flexibility index (Phi) is 8.86. The first-order chi connectivity index (χ1) is 16.5. The van der Waals surface area contributed by atoms with Crippen LogP contribution in [0.15, 0.2) is 53.6 Å². The Bertz CT molecular complexity index is 1010. The van der Waals surface area contributed by atoms with Gasteiger partial charge in [0, 0.05) is 32.2 Å². The number of amides is 3. The van der Waals surface area contributed by atoms with Crippen LogP contribution in [0, 0.1) is 0 Å². The Balaban J connectivity index is 1.92. The number of para-hydroxylation sites is 1. The summed E-state index contributed by atoms with van der Waals surface area (Å²) in [7, 11) is 4.78. The minimum Gasteiger partial charge on any atom is -0.497 e. The molecule has 3 amide bonds. The summed E-state index contributed by atoms with van der Waals surface area (Å²) >= 11 is 0. The highest BCUT2D eigenvalue weighted by molar-refractivity contribution is 6.03. The SMILES string of the molecule is CCNC(=O)N(CCOC)CC(=O)N1N=C(c2ccc(OC)cc2)CC1c1ccccc1OC. The van der Waals surface area contributed by atoms with Gasteiger partial charge in [0.1, 0.15) is 18.0 Å². The summed E-state index contributed by atoms with van der Waals surface area (Å²) < 4.78 is 15.9. The fourth-order valence-corrected chi connectivity index (χ4v) is 3.83. The number of rotatable bonds is 10. The van der Waals surface area contributed by atoms with Crippen molar-refractivity contribution < 1.29 is 23.8 Å². The van der Waals surface area contributed by atoms with Gasteiger partial charge in [-0.05, 0) is 42.8 Å². The van der Waals surface area contributed by atoms with Crippen LogP contribution in [-0.2, 0) is 9.53 Å². The zero-order chi connectivity index (χ0) is 24.5. The van der Waals surface area contributed by atoms with Gasteiger partial charge in [-0.3, -0.25) is 4.79 Å².